The van der Waals surface area contributed by atoms with Gasteiger partial charge in [0.1, 0.15) is 17.8 Å². The number of aromatic amines is 1. The zero-order valence-corrected chi connectivity index (χ0v) is 21.3. The quantitative estimate of drug-likeness (QED) is 0.356. The summed E-state index contributed by atoms with van der Waals surface area (Å²) in [5.74, 6) is 0.872. The minimum Gasteiger partial charge on any atom is -0.362 e. The average molecular weight is 504 g/mol. The van der Waals surface area contributed by atoms with Crippen LogP contribution in [0.25, 0.3) is 22.3 Å². The van der Waals surface area contributed by atoms with Crippen LogP contribution in [0.5, 0.6) is 0 Å². The number of rotatable bonds is 6. The van der Waals surface area contributed by atoms with Gasteiger partial charge in [-0.15, -0.1) is 0 Å². The van der Waals surface area contributed by atoms with Gasteiger partial charge in [-0.1, -0.05) is 38.1 Å². The van der Waals surface area contributed by atoms with Crippen LogP contribution < -0.4 is 10.6 Å². The number of nitrogens with one attached hydrogen (secondary N) is 3. The number of carbonyl (C=O) groups is 1. The molecule has 3 N–H and O–H groups in total. The van der Waals surface area contributed by atoms with Crippen molar-refractivity contribution in [3.8, 4) is 11.3 Å². The van der Waals surface area contributed by atoms with Gasteiger partial charge in [0.05, 0.1) is 22.1 Å². The van der Waals surface area contributed by atoms with Crippen molar-refractivity contribution in [2.45, 2.75) is 37.6 Å². The largest absolute Gasteiger partial charge is 0.362 e. The Morgan fingerprint density at radius 1 is 1.08 bits per heavy atom. The molecule has 1 aliphatic rings. The van der Waals surface area contributed by atoms with Crippen LogP contribution in [-0.2, 0) is 16.3 Å². The highest BCUT2D eigenvalue weighted by molar-refractivity contribution is 7.91. The van der Waals surface area contributed by atoms with Crippen LogP contribution in [0.4, 0.5) is 5.82 Å². The average Bonchev–Trinajstić information content (AvgIpc) is 3.32. The predicted octanol–water partition coefficient (Wildman–Crippen LogP) is 4.51. The second-order valence-electron chi connectivity index (χ2n) is 9.48. The number of benzene rings is 2. The molecule has 0 radical (unpaired) electrons. The van der Waals surface area contributed by atoms with Crippen LogP contribution in [0, 0.1) is 5.92 Å². The van der Waals surface area contributed by atoms with Gasteiger partial charge in [-0.2, -0.15) is 0 Å². The Labute approximate surface area is 210 Å². The van der Waals surface area contributed by atoms with E-state index in [1.807, 2.05) is 42.5 Å². The molecule has 2 aromatic carbocycles. The van der Waals surface area contributed by atoms with Gasteiger partial charge in [0.2, 0.25) is 0 Å². The van der Waals surface area contributed by atoms with Crippen molar-refractivity contribution in [3.63, 3.8) is 0 Å². The molecule has 9 heteroatoms. The highest BCUT2D eigenvalue weighted by Crippen LogP contribution is 2.34. The van der Waals surface area contributed by atoms with Gasteiger partial charge in [0.15, 0.2) is 9.84 Å². The molecule has 2 aromatic heterocycles. The van der Waals surface area contributed by atoms with E-state index in [2.05, 4.69) is 39.4 Å². The number of aromatic nitrogens is 3. The minimum atomic E-state index is -3.26. The Morgan fingerprint density at radius 2 is 1.92 bits per heavy atom. The number of aryl methyl sites for hydroxylation is 1. The Kier molecular flexibility index (Phi) is 6.26. The normalized spacial score (nSPS) is 15.4. The maximum Gasteiger partial charge on any atom is 0.251 e. The molecule has 3 heterocycles. The first-order chi connectivity index (χ1) is 17.3. The summed E-state index contributed by atoms with van der Waals surface area (Å²) in [4.78, 5) is 24.8. The number of sulfone groups is 1. The SMILES string of the molecule is CNC(=O)c1cccc(-c2cc3c(N[C@H](c4ccc5c(c4)S(=O)(=O)CCC5)C(C)C)ncnc3[nH]2)c1. The van der Waals surface area contributed by atoms with Crippen molar-refractivity contribution in [3.05, 3.63) is 71.5 Å². The first-order valence-electron chi connectivity index (χ1n) is 12.0. The summed E-state index contributed by atoms with van der Waals surface area (Å²) >= 11 is 0. The molecule has 4 aromatic rings. The lowest BCUT2D eigenvalue weighted by Crippen LogP contribution is -2.20. The number of H-pyrrole nitrogens is 1. The highest BCUT2D eigenvalue weighted by Gasteiger charge is 2.26. The second kappa shape index (κ2) is 9.39. The zero-order chi connectivity index (χ0) is 25.4. The van der Waals surface area contributed by atoms with Gasteiger partial charge in [0, 0.05) is 18.3 Å². The van der Waals surface area contributed by atoms with E-state index in [4.69, 9.17) is 0 Å². The van der Waals surface area contributed by atoms with Gasteiger partial charge in [-0.25, -0.2) is 18.4 Å². The van der Waals surface area contributed by atoms with Gasteiger partial charge >= 0.3 is 0 Å². The van der Waals surface area contributed by atoms with Crippen molar-refractivity contribution in [1.29, 1.82) is 0 Å². The summed E-state index contributed by atoms with van der Waals surface area (Å²) < 4.78 is 25.4. The summed E-state index contributed by atoms with van der Waals surface area (Å²) in [5.41, 5.74) is 4.73. The Bertz CT molecular complexity index is 1560. The summed E-state index contributed by atoms with van der Waals surface area (Å²) in [7, 11) is -1.65. The lowest BCUT2D eigenvalue weighted by molar-refractivity contribution is 0.0963. The summed E-state index contributed by atoms with van der Waals surface area (Å²) in [6, 6.07) is 15.0. The number of fused-ring (bicyclic) bond motifs is 2. The van der Waals surface area contributed by atoms with Gasteiger partial charge in [-0.3, -0.25) is 4.79 Å². The summed E-state index contributed by atoms with van der Waals surface area (Å²) in [6.07, 6.45) is 2.95. The molecule has 8 nitrogen and oxygen atoms in total. The van der Waals surface area contributed by atoms with E-state index in [9.17, 15) is 13.2 Å². The topological polar surface area (TPSA) is 117 Å². The molecule has 0 aliphatic carbocycles. The molecule has 186 valence electrons. The van der Waals surface area contributed by atoms with Crippen LogP contribution >= 0.6 is 0 Å². The van der Waals surface area contributed by atoms with Crippen molar-refractivity contribution in [2.75, 3.05) is 18.1 Å². The molecule has 36 heavy (non-hydrogen) atoms. The van der Waals surface area contributed by atoms with E-state index in [0.717, 1.165) is 34.2 Å². The highest BCUT2D eigenvalue weighted by atomic mass is 32.2. The second-order valence-corrected chi connectivity index (χ2v) is 11.6. The molecule has 0 saturated heterocycles. The predicted molar refractivity (Wildman–Crippen MR) is 141 cm³/mol. The zero-order valence-electron chi connectivity index (χ0n) is 20.5. The van der Waals surface area contributed by atoms with E-state index < -0.39 is 9.84 Å². The molecule has 1 amide bonds. The Hall–Kier alpha value is -3.72. The monoisotopic (exact) mass is 503 g/mol. The van der Waals surface area contributed by atoms with E-state index in [0.29, 0.717) is 28.3 Å². The van der Waals surface area contributed by atoms with Crippen LogP contribution in [0.3, 0.4) is 0 Å². The fourth-order valence-electron chi connectivity index (χ4n) is 4.79. The number of hydrogen-bond donors (Lipinski definition) is 3. The Balaban J connectivity index is 1.52. The van der Waals surface area contributed by atoms with Crippen molar-refractivity contribution in [2.24, 2.45) is 5.92 Å². The minimum absolute atomic E-state index is 0.151. The third-order valence-electron chi connectivity index (χ3n) is 6.69. The standard InChI is InChI=1S/C27H29N5O3S/c1-16(2)24(19-10-9-17-8-5-11-36(34,35)23(17)13-19)32-26-21-14-22(31-25(21)29-15-30-26)18-6-4-7-20(12-18)27(33)28-3/h4,6-7,9-10,12-16,24H,5,8,11H2,1-3H3,(H,28,33)(H2,29,30,31,32)/t24-/m0/s1. The number of amides is 1. The number of carbonyl (C=O) groups excluding carboxylic acids is 1. The third-order valence-corrected chi connectivity index (χ3v) is 8.57. The summed E-state index contributed by atoms with van der Waals surface area (Å²) in [6.45, 7) is 4.19. The number of hydrogen-bond acceptors (Lipinski definition) is 6. The van der Waals surface area contributed by atoms with Gasteiger partial charge in [-0.05, 0) is 59.7 Å². The fourth-order valence-corrected chi connectivity index (χ4v) is 6.42. The maximum atomic E-state index is 12.7. The summed E-state index contributed by atoms with van der Waals surface area (Å²) in [5, 5.41) is 7.01. The molecule has 1 aliphatic heterocycles. The lowest BCUT2D eigenvalue weighted by Gasteiger charge is -2.26. The van der Waals surface area contributed by atoms with Crippen LogP contribution in [0.1, 0.15) is 47.8 Å². The molecule has 0 bridgehead atoms. The molecular weight excluding hydrogens is 474 g/mol. The van der Waals surface area contributed by atoms with Gasteiger partial charge < -0.3 is 15.6 Å². The maximum absolute atomic E-state index is 12.7. The molecule has 0 saturated carbocycles. The first-order valence-corrected chi connectivity index (χ1v) is 13.7. The smallest absolute Gasteiger partial charge is 0.251 e. The number of nitrogens with zero attached hydrogens (tertiary/aromatic N) is 2. The van der Waals surface area contributed by atoms with Crippen LogP contribution in [0.15, 0.2) is 59.8 Å². The molecular formula is C27H29N5O3S. The van der Waals surface area contributed by atoms with Crippen molar-refractivity contribution >= 4 is 32.6 Å². The van der Waals surface area contributed by atoms with E-state index >= 15 is 0 Å². The van der Waals surface area contributed by atoms with Crippen LogP contribution in [-0.4, -0.2) is 42.1 Å². The third kappa shape index (κ3) is 4.46. The molecule has 0 unspecified atom stereocenters. The van der Waals surface area contributed by atoms with E-state index in [1.165, 1.54) is 6.33 Å². The van der Waals surface area contributed by atoms with Crippen molar-refractivity contribution in [1.82, 2.24) is 20.3 Å². The van der Waals surface area contributed by atoms with Crippen molar-refractivity contribution < 1.29 is 13.2 Å². The van der Waals surface area contributed by atoms with Crippen LogP contribution in [0.2, 0.25) is 0 Å². The van der Waals surface area contributed by atoms with E-state index in [-0.39, 0.29) is 23.6 Å². The van der Waals surface area contributed by atoms with E-state index in [1.54, 1.807) is 13.1 Å². The molecule has 1 atom stereocenters. The number of anilines is 1. The first kappa shape index (κ1) is 24.0. The fraction of sp³-hybridized carbons (Fsp3) is 0.296. The lowest BCUT2D eigenvalue weighted by atomic mass is 9.94. The molecule has 5 rings (SSSR count). The van der Waals surface area contributed by atoms with Gasteiger partial charge in [0.25, 0.3) is 5.91 Å². The molecule has 0 fully saturated rings. The molecule has 0 spiro atoms. The Morgan fingerprint density at radius 3 is 2.69 bits per heavy atom.